The van der Waals surface area contributed by atoms with E-state index in [0.717, 1.165) is 4.47 Å². The Morgan fingerprint density at radius 1 is 1.40 bits per heavy atom. The van der Waals surface area contributed by atoms with Crippen molar-refractivity contribution >= 4 is 27.8 Å². The molecule has 3 N–H and O–H groups in total. The molecule has 7 heteroatoms. The fourth-order valence-electron chi connectivity index (χ4n) is 1.47. The molecule has 6 nitrogen and oxygen atoms in total. The average molecular weight is 346 g/mol. The van der Waals surface area contributed by atoms with Gasteiger partial charge in [-0.15, -0.1) is 0 Å². The van der Waals surface area contributed by atoms with Gasteiger partial charge in [-0.05, 0) is 18.2 Å². The summed E-state index contributed by atoms with van der Waals surface area (Å²) in [5, 5.41) is 19.9. The molecule has 1 aromatic carbocycles. The Labute approximate surface area is 124 Å². The third-order valence-electron chi connectivity index (χ3n) is 2.45. The molecule has 0 saturated heterocycles. The van der Waals surface area contributed by atoms with Crippen molar-refractivity contribution in [3.8, 4) is 5.75 Å². The zero-order valence-electron chi connectivity index (χ0n) is 10.7. The predicted octanol–water partition coefficient (Wildman–Crippen LogP) is 1.17. The number of carboxylic acid groups (broad SMARTS) is 1. The summed E-state index contributed by atoms with van der Waals surface area (Å²) in [7, 11) is 0. The van der Waals surface area contributed by atoms with Crippen LogP contribution in [0.5, 0.6) is 5.75 Å². The largest absolute Gasteiger partial charge is 0.493 e. The lowest BCUT2D eigenvalue weighted by Crippen LogP contribution is -2.41. The van der Waals surface area contributed by atoms with Crippen molar-refractivity contribution < 1.29 is 24.5 Å². The van der Waals surface area contributed by atoms with Crippen LogP contribution >= 0.6 is 15.9 Å². The number of aliphatic carboxylic acids is 1. The van der Waals surface area contributed by atoms with Gasteiger partial charge in [-0.25, -0.2) is 4.79 Å². The third-order valence-corrected chi connectivity index (χ3v) is 2.94. The highest BCUT2D eigenvalue weighted by atomic mass is 79.9. The number of hydrogen-bond donors (Lipinski definition) is 3. The average Bonchev–Trinajstić information content (AvgIpc) is 2.38. The van der Waals surface area contributed by atoms with Crippen LogP contribution in [0.3, 0.4) is 0 Å². The number of carboxylic acids is 1. The number of carbonyl (C=O) groups is 2. The van der Waals surface area contributed by atoms with Crippen LogP contribution in [0, 0.1) is 0 Å². The van der Waals surface area contributed by atoms with Gasteiger partial charge in [-0.3, -0.25) is 4.79 Å². The van der Waals surface area contributed by atoms with Gasteiger partial charge in [0, 0.05) is 17.5 Å². The summed E-state index contributed by atoms with van der Waals surface area (Å²) >= 11 is 3.30. The summed E-state index contributed by atoms with van der Waals surface area (Å²) in [6.45, 7) is -0.153. The molecule has 0 spiro atoms. The molecule has 0 fully saturated rings. The van der Waals surface area contributed by atoms with Crippen molar-refractivity contribution in [3.05, 3.63) is 28.7 Å². The van der Waals surface area contributed by atoms with Crippen molar-refractivity contribution in [2.45, 2.75) is 18.9 Å². The van der Waals surface area contributed by atoms with E-state index in [-0.39, 0.29) is 26.1 Å². The molecule has 0 bridgehead atoms. The minimum absolute atomic E-state index is 0.0203. The van der Waals surface area contributed by atoms with E-state index in [2.05, 4.69) is 21.2 Å². The molecule has 0 aliphatic heterocycles. The molecule has 0 aromatic heterocycles. The first-order chi connectivity index (χ1) is 9.52. The Balaban J connectivity index is 2.34. The van der Waals surface area contributed by atoms with Crippen LogP contribution in [0.2, 0.25) is 0 Å². The van der Waals surface area contributed by atoms with E-state index in [1.807, 2.05) is 6.07 Å². The van der Waals surface area contributed by atoms with Crippen molar-refractivity contribution in [2.75, 3.05) is 13.2 Å². The highest BCUT2D eigenvalue weighted by molar-refractivity contribution is 9.10. The molecule has 1 amide bonds. The summed E-state index contributed by atoms with van der Waals surface area (Å²) in [6, 6.07) is 6.11. The molecule has 0 radical (unpaired) electrons. The van der Waals surface area contributed by atoms with Gasteiger partial charge in [0.1, 0.15) is 11.8 Å². The van der Waals surface area contributed by atoms with Crippen LogP contribution in [0.4, 0.5) is 0 Å². The molecule has 1 atom stereocenters. The Morgan fingerprint density at radius 2 is 2.15 bits per heavy atom. The molecule has 110 valence electrons. The van der Waals surface area contributed by atoms with Gasteiger partial charge >= 0.3 is 5.97 Å². The molecular formula is C13H16BrNO5. The predicted molar refractivity (Wildman–Crippen MR) is 75.5 cm³/mol. The fourth-order valence-corrected chi connectivity index (χ4v) is 1.85. The van der Waals surface area contributed by atoms with Crippen LogP contribution in [0.15, 0.2) is 28.7 Å². The lowest BCUT2D eigenvalue weighted by molar-refractivity contribution is -0.142. The maximum atomic E-state index is 11.5. The number of aliphatic hydroxyl groups excluding tert-OH is 1. The van der Waals surface area contributed by atoms with Crippen molar-refractivity contribution in [3.63, 3.8) is 0 Å². The van der Waals surface area contributed by atoms with E-state index in [1.54, 1.807) is 18.2 Å². The van der Waals surface area contributed by atoms with Crippen LogP contribution in [0.25, 0.3) is 0 Å². The lowest BCUT2D eigenvalue weighted by Gasteiger charge is -2.13. The van der Waals surface area contributed by atoms with E-state index in [9.17, 15) is 9.59 Å². The second kappa shape index (κ2) is 8.55. The minimum atomic E-state index is -1.17. The zero-order valence-corrected chi connectivity index (χ0v) is 12.3. The van der Waals surface area contributed by atoms with E-state index >= 15 is 0 Å². The Hall–Kier alpha value is -1.60. The molecular weight excluding hydrogens is 330 g/mol. The summed E-state index contributed by atoms with van der Waals surface area (Å²) in [6.07, 6.45) is 0.0231. The topological polar surface area (TPSA) is 95.9 Å². The summed E-state index contributed by atoms with van der Waals surface area (Å²) < 4.78 is 6.24. The number of benzene rings is 1. The van der Waals surface area contributed by atoms with E-state index in [0.29, 0.717) is 5.75 Å². The van der Waals surface area contributed by atoms with Crippen LogP contribution in [-0.2, 0) is 9.59 Å². The SMILES string of the molecule is O=C(CCOc1cccc(Br)c1)NC(CCO)C(=O)O. The summed E-state index contributed by atoms with van der Waals surface area (Å²) in [5.74, 6) is -0.974. The van der Waals surface area contributed by atoms with Crippen molar-refractivity contribution in [1.29, 1.82) is 0 Å². The van der Waals surface area contributed by atoms with Crippen molar-refractivity contribution in [2.24, 2.45) is 0 Å². The zero-order chi connectivity index (χ0) is 15.0. The maximum absolute atomic E-state index is 11.5. The number of hydrogen-bond acceptors (Lipinski definition) is 4. The standard InChI is InChI=1S/C13H16BrNO5/c14-9-2-1-3-10(8-9)20-7-5-12(17)15-11(4-6-16)13(18)19/h1-3,8,11,16H,4-7H2,(H,15,17)(H,18,19). The first-order valence-electron chi connectivity index (χ1n) is 6.04. The first kappa shape index (κ1) is 16.5. The highest BCUT2D eigenvalue weighted by Crippen LogP contribution is 2.17. The van der Waals surface area contributed by atoms with Crippen LogP contribution < -0.4 is 10.1 Å². The number of rotatable bonds is 8. The maximum Gasteiger partial charge on any atom is 0.326 e. The molecule has 0 heterocycles. The number of ether oxygens (including phenoxy) is 1. The van der Waals surface area contributed by atoms with Gasteiger partial charge < -0.3 is 20.3 Å². The Morgan fingerprint density at radius 3 is 2.75 bits per heavy atom. The Kier molecular flexibility index (Phi) is 7.03. The van der Waals surface area contributed by atoms with Gasteiger partial charge in [0.15, 0.2) is 0 Å². The molecule has 0 saturated carbocycles. The summed E-state index contributed by atoms with van der Waals surface area (Å²) in [5.41, 5.74) is 0. The molecule has 1 aromatic rings. The number of halogens is 1. The minimum Gasteiger partial charge on any atom is -0.493 e. The number of carbonyl (C=O) groups excluding carboxylic acids is 1. The van der Waals surface area contributed by atoms with Gasteiger partial charge in [0.25, 0.3) is 0 Å². The molecule has 1 rings (SSSR count). The second-order valence-corrected chi connectivity index (χ2v) is 4.94. The van der Waals surface area contributed by atoms with Crippen molar-refractivity contribution in [1.82, 2.24) is 5.32 Å². The monoisotopic (exact) mass is 345 g/mol. The summed E-state index contributed by atoms with van der Waals surface area (Å²) in [4.78, 5) is 22.3. The van der Waals surface area contributed by atoms with Crippen LogP contribution in [0.1, 0.15) is 12.8 Å². The second-order valence-electron chi connectivity index (χ2n) is 4.03. The van der Waals surface area contributed by atoms with E-state index < -0.39 is 17.9 Å². The number of aliphatic hydroxyl groups is 1. The Bertz CT molecular complexity index is 466. The van der Waals surface area contributed by atoms with E-state index in [4.69, 9.17) is 14.9 Å². The molecule has 0 aliphatic rings. The van der Waals surface area contributed by atoms with E-state index in [1.165, 1.54) is 0 Å². The molecule has 1 unspecified atom stereocenters. The molecule has 20 heavy (non-hydrogen) atoms. The van der Waals surface area contributed by atoms with Gasteiger partial charge in [0.05, 0.1) is 13.0 Å². The normalized spacial score (nSPS) is 11.7. The number of nitrogens with one attached hydrogen (secondary N) is 1. The smallest absolute Gasteiger partial charge is 0.326 e. The highest BCUT2D eigenvalue weighted by Gasteiger charge is 2.18. The third kappa shape index (κ3) is 6.03. The van der Waals surface area contributed by atoms with Gasteiger partial charge in [-0.1, -0.05) is 22.0 Å². The number of amides is 1. The van der Waals surface area contributed by atoms with Gasteiger partial charge in [0.2, 0.25) is 5.91 Å². The first-order valence-corrected chi connectivity index (χ1v) is 6.83. The lowest BCUT2D eigenvalue weighted by atomic mass is 10.2. The van der Waals surface area contributed by atoms with Crippen LogP contribution in [-0.4, -0.2) is 41.3 Å². The van der Waals surface area contributed by atoms with Gasteiger partial charge in [-0.2, -0.15) is 0 Å². The molecule has 0 aliphatic carbocycles. The quantitative estimate of drug-likeness (QED) is 0.657. The fraction of sp³-hybridized carbons (Fsp3) is 0.385.